The zero-order valence-electron chi connectivity index (χ0n) is 20.9. The van der Waals surface area contributed by atoms with E-state index in [-0.39, 0.29) is 1.43 Å². The van der Waals surface area contributed by atoms with Gasteiger partial charge in [-0.2, -0.15) is 0 Å². The van der Waals surface area contributed by atoms with Crippen molar-refractivity contribution in [3.63, 3.8) is 0 Å². The molecular weight excluding hydrogens is 360 g/mol. The molecule has 4 aliphatic rings. The summed E-state index contributed by atoms with van der Waals surface area (Å²) in [4.78, 5) is 0. The van der Waals surface area contributed by atoms with Crippen molar-refractivity contribution in [2.75, 3.05) is 0 Å². The van der Waals surface area contributed by atoms with Crippen molar-refractivity contribution < 1.29 is 1.43 Å². The van der Waals surface area contributed by atoms with Crippen molar-refractivity contribution in [1.82, 2.24) is 0 Å². The van der Waals surface area contributed by atoms with Gasteiger partial charge in [0.15, 0.2) is 0 Å². The molecule has 172 valence electrons. The highest BCUT2D eigenvalue weighted by Crippen LogP contribution is 2.67. The van der Waals surface area contributed by atoms with Gasteiger partial charge in [0.05, 0.1) is 0 Å². The fraction of sp³-hybridized carbons (Fsp3) is 0.867. The van der Waals surface area contributed by atoms with Crippen molar-refractivity contribution in [1.29, 1.82) is 0 Å². The van der Waals surface area contributed by atoms with Gasteiger partial charge in [0, 0.05) is 1.43 Å². The molecule has 0 amide bonds. The average Bonchev–Trinajstić information content (AvgIpc) is 3.01. The molecule has 0 nitrogen and oxygen atoms in total. The summed E-state index contributed by atoms with van der Waals surface area (Å²) in [5.41, 5.74) is 4.41. The molecule has 0 aromatic rings. The van der Waals surface area contributed by atoms with Crippen LogP contribution >= 0.6 is 0 Å². The second-order valence-corrected chi connectivity index (χ2v) is 13.0. The quantitative estimate of drug-likeness (QED) is 0.288. The lowest BCUT2D eigenvalue weighted by atomic mass is 9.46. The molecule has 0 aliphatic heterocycles. The summed E-state index contributed by atoms with van der Waals surface area (Å²) in [6.07, 6.45) is 21.6. The van der Waals surface area contributed by atoms with Crippen LogP contribution in [-0.2, 0) is 0 Å². The van der Waals surface area contributed by atoms with Crippen LogP contribution in [-0.4, -0.2) is 0 Å². The monoisotopic (exact) mass is 412 g/mol. The minimum absolute atomic E-state index is 0. The van der Waals surface area contributed by atoms with Gasteiger partial charge in [0.25, 0.3) is 0 Å². The molecule has 3 fully saturated rings. The van der Waals surface area contributed by atoms with E-state index < -0.39 is 0 Å². The molecule has 3 saturated carbocycles. The Labute approximate surface area is 189 Å². The summed E-state index contributed by atoms with van der Waals surface area (Å²) in [7, 11) is 0. The van der Waals surface area contributed by atoms with E-state index in [0.29, 0.717) is 10.8 Å². The van der Waals surface area contributed by atoms with Gasteiger partial charge in [-0.3, -0.25) is 0 Å². The minimum Gasteiger partial charge on any atom is -0.100 e. The lowest BCUT2D eigenvalue weighted by molar-refractivity contribution is -0.0455. The van der Waals surface area contributed by atoms with Crippen LogP contribution in [0.2, 0.25) is 0 Å². The minimum atomic E-state index is 0. The summed E-state index contributed by atoms with van der Waals surface area (Å²) >= 11 is 0. The Kier molecular flexibility index (Phi) is 6.64. The molecule has 0 spiro atoms. The number of hydrogen-bond donors (Lipinski definition) is 0. The Balaban J connectivity index is 0.00000272. The number of fused-ring (bicyclic) bond motifs is 5. The molecule has 0 N–H and O–H groups in total. The van der Waals surface area contributed by atoms with Gasteiger partial charge in [0.1, 0.15) is 0 Å². The first-order valence-electron chi connectivity index (χ1n) is 13.6. The van der Waals surface area contributed by atoms with Gasteiger partial charge in [0.2, 0.25) is 0 Å². The van der Waals surface area contributed by atoms with Crippen LogP contribution in [0.5, 0.6) is 0 Å². The Hall–Kier alpha value is -0.520. The van der Waals surface area contributed by atoms with Crippen LogP contribution in [0.4, 0.5) is 0 Å². The van der Waals surface area contributed by atoms with Crippen LogP contribution in [0, 0.1) is 46.3 Å². The molecule has 30 heavy (non-hydrogen) atoms. The van der Waals surface area contributed by atoms with Gasteiger partial charge in [-0.05, 0) is 117 Å². The topological polar surface area (TPSA) is 0 Å². The van der Waals surface area contributed by atoms with Gasteiger partial charge in [-0.1, -0.05) is 64.2 Å². The van der Waals surface area contributed by atoms with E-state index in [4.69, 9.17) is 0 Å². The SMILES string of the molecule is C=C(C)CC1CCC2(C)C(=CCC3C2CCC2(C)C(CCCCC(C)C)CCC32)C1.[HH]. The maximum atomic E-state index is 4.20. The fourth-order valence-corrected chi connectivity index (χ4v) is 8.93. The molecule has 0 saturated heterocycles. The normalized spacial score (nSPS) is 43.0. The van der Waals surface area contributed by atoms with Crippen molar-refractivity contribution in [3.8, 4) is 0 Å². The third kappa shape index (κ3) is 4.11. The third-order valence-electron chi connectivity index (χ3n) is 10.6. The van der Waals surface area contributed by atoms with E-state index in [9.17, 15) is 0 Å². The van der Waals surface area contributed by atoms with Crippen molar-refractivity contribution >= 4 is 0 Å². The predicted octanol–water partition coefficient (Wildman–Crippen LogP) is 9.61. The molecule has 4 rings (SSSR count). The largest absolute Gasteiger partial charge is 0.100 e. The maximum Gasteiger partial charge on any atom is 0 e. The molecule has 7 atom stereocenters. The lowest BCUT2D eigenvalue weighted by Gasteiger charge is -2.58. The van der Waals surface area contributed by atoms with Gasteiger partial charge in [-0.15, -0.1) is 6.58 Å². The van der Waals surface area contributed by atoms with Crippen molar-refractivity contribution in [2.45, 2.75) is 118 Å². The van der Waals surface area contributed by atoms with E-state index in [1.165, 1.54) is 89.0 Å². The first-order valence-corrected chi connectivity index (χ1v) is 13.6. The van der Waals surface area contributed by atoms with Crippen LogP contribution in [0.25, 0.3) is 0 Å². The molecule has 7 unspecified atom stereocenters. The smallest absolute Gasteiger partial charge is 0 e. The number of hydrogen-bond acceptors (Lipinski definition) is 0. The van der Waals surface area contributed by atoms with E-state index in [2.05, 4.69) is 47.3 Å². The molecule has 0 aromatic carbocycles. The highest BCUT2D eigenvalue weighted by molar-refractivity contribution is 5.25. The Morgan fingerprint density at radius 2 is 1.90 bits per heavy atom. The second-order valence-electron chi connectivity index (χ2n) is 13.0. The predicted molar refractivity (Wildman–Crippen MR) is 134 cm³/mol. The third-order valence-corrected chi connectivity index (χ3v) is 10.6. The molecule has 0 bridgehead atoms. The molecular formula is C30H52. The zero-order chi connectivity index (χ0) is 21.5. The summed E-state index contributed by atoms with van der Waals surface area (Å²) < 4.78 is 0. The van der Waals surface area contributed by atoms with Crippen molar-refractivity contribution in [3.05, 3.63) is 23.8 Å². The highest BCUT2D eigenvalue weighted by Gasteiger charge is 2.58. The van der Waals surface area contributed by atoms with Gasteiger partial charge < -0.3 is 0 Å². The average molecular weight is 413 g/mol. The van der Waals surface area contributed by atoms with Crippen LogP contribution in [0.15, 0.2) is 23.8 Å². The number of unbranched alkanes of at least 4 members (excludes halogenated alkanes) is 1. The second kappa shape index (κ2) is 8.78. The van der Waals surface area contributed by atoms with E-state index in [0.717, 1.165) is 35.5 Å². The van der Waals surface area contributed by atoms with Gasteiger partial charge >= 0.3 is 0 Å². The Morgan fingerprint density at radius 1 is 1.10 bits per heavy atom. The van der Waals surface area contributed by atoms with Crippen LogP contribution < -0.4 is 0 Å². The summed E-state index contributed by atoms with van der Waals surface area (Å²) in [5.74, 6) is 5.72. The van der Waals surface area contributed by atoms with Crippen LogP contribution in [0.1, 0.15) is 120 Å². The van der Waals surface area contributed by atoms with Crippen molar-refractivity contribution in [2.24, 2.45) is 46.3 Å². The Morgan fingerprint density at radius 3 is 2.63 bits per heavy atom. The molecule has 0 radical (unpaired) electrons. The summed E-state index contributed by atoms with van der Waals surface area (Å²) in [6.45, 7) is 16.6. The van der Waals surface area contributed by atoms with Crippen LogP contribution in [0.3, 0.4) is 0 Å². The van der Waals surface area contributed by atoms with Gasteiger partial charge in [-0.25, -0.2) is 0 Å². The van der Waals surface area contributed by atoms with E-state index in [1.54, 1.807) is 0 Å². The lowest BCUT2D eigenvalue weighted by Crippen LogP contribution is -2.50. The first-order chi connectivity index (χ1) is 14.2. The fourth-order valence-electron chi connectivity index (χ4n) is 8.93. The Bertz CT molecular complexity index is 659. The number of rotatable bonds is 7. The molecule has 0 heterocycles. The van der Waals surface area contributed by atoms with E-state index >= 15 is 0 Å². The number of allylic oxidation sites excluding steroid dienone is 3. The summed E-state index contributed by atoms with van der Waals surface area (Å²) in [6, 6.07) is 0. The standard InChI is InChI=1S/C30H50.H2/c1-21(2)9-7-8-10-24-12-14-27-26-13-11-25-20-23(19-22(3)4)15-17-30(25,6)28(26)16-18-29(24,27)5;/h11,21,23-24,26-28H,3,7-10,12-20H2,1-2,4-6H3;1H. The van der Waals surface area contributed by atoms with E-state index in [1.807, 2.05) is 5.57 Å². The molecule has 0 aromatic heterocycles. The highest BCUT2D eigenvalue weighted by atomic mass is 14.6. The first kappa shape index (κ1) is 22.7. The maximum absolute atomic E-state index is 4.20. The zero-order valence-corrected chi connectivity index (χ0v) is 20.9. The molecule has 0 heteroatoms. The summed E-state index contributed by atoms with van der Waals surface area (Å²) in [5, 5.41) is 0. The molecule has 4 aliphatic carbocycles.